The fraction of sp³-hybridized carbons (Fsp3) is 0.381. The Labute approximate surface area is 163 Å². The lowest BCUT2D eigenvalue weighted by Gasteiger charge is -2.36. The second-order valence-corrected chi connectivity index (χ2v) is 7.09. The maximum Gasteiger partial charge on any atom is 0.316 e. The third-order valence-electron chi connectivity index (χ3n) is 5.24. The van der Waals surface area contributed by atoms with Gasteiger partial charge in [-0.3, -0.25) is 9.78 Å². The molecule has 7 heteroatoms. The number of hydrogen-bond acceptors (Lipinski definition) is 3. The molecule has 6 nitrogen and oxygen atoms in total. The van der Waals surface area contributed by atoms with E-state index >= 15 is 0 Å². The summed E-state index contributed by atoms with van der Waals surface area (Å²) < 4.78 is 13.3. The number of pyridine rings is 1. The fourth-order valence-electron chi connectivity index (χ4n) is 3.76. The highest BCUT2D eigenvalue weighted by Gasteiger charge is 2.40. The van der Waals surface area contributed by atoms with Gasteiger partial charge in [-0.15, -0.1) is 0 Å². The number of rotatable bonds is 5. The molecule has 0 radical (unpaired) electrons. The second-order valence-electron chi connectivity index (χ2n) is 7.09. The van der Waals surface area contributed by atoms with Gasteiger partial charge in [-0.2, -0.15) is 0 Å². The van der Waals surface area contributed by atoms with Gasteiger partial charge in [0.05, 0.1) is 6.04 Å². The van der Waals surface area contributed by atoms with Crippen LogP contribution in [-0.4, -0.2) is 29.5 Å². The Balaban J connectivity index is 1.82. The van der Waals surface area contributed by atoms with Gasteiger partial charge < -0.3 is 16.0 Å². The molecule has 1 aromatic carbocycles. The fourth-order valence-corrected chi connectivity index (χ4v) is 3.76. The van der Waals surface area contributed by atoms with Gasteiger partial charge in [0.25, 0.3) is 0 Å². The highest BCUT2D eigenvalue weighted by atomic mass is 19.1. The van der Waals surface area contributed by atoms with Crippen molar-refractivity contribution in [2.75, 3.05) is 7.05 Å². The summed E-state index contributed by atoms with van der Waals surface area (Å²) in [7, 11) is 1.58. The number of halogens is 1. The zero-order valence-electron chi connectivity index (χ0n) is 15.9. The number of hydrogen-bond donors (Lipinski definition) is 3. The van der Waals surface area contributed by atoms with E-state index in [0.717, 1.165) is 30.4 Å². The van der Waals surface area contributed by atoms with Crippen LogP contribution in [-0.2, 0) is 4.79 Å². The Bertz CT molecular complexity index is 805. The van der Waals surface area contributed by atoms with Crippen molar-refractivity contribution < 1.29 is 14.0 Å². The number of nitrogens with zero attached hydrogens (tertiary/aromatic N) is 1. The molecular formula is C21H25FN4O2. The predicted molar refractivity (Wildman–Crippen MR) is 104 cm³/mol. The van der Waals surface area contributed by atoms with Gasteiger partial charge in [0.1, 0.15) is 11.4 Å². The van der Waals surface area contributed by atoms with Gasteiger partial charge in [0, 0.05) is 19.4 Å². The number of benzene rings is 1. The third kappa shape index (κ3) is 4.47. The summed E-state index contributed by atoms with van der Waals surface area (Å²) in [4.78, 5) is 29.4. The van der Waals surface area contributed by atoms with Crippen LogP contribution in [0.2, 0.25) is 0 Å². The average Bonchev–Trinajstić information content (AvgIpc) is 2.73. The normalized spacial score (nSPS) is 16.6. The van der Waals surface area contributed by atoms with Crippen molar-refractivity contribution in [3.63, 3.8) is 0 Å². The SMILES string of the molecule is CNC(=O)C1(NC(=O)NC(c2ccncc2)c2ccc(F)cc2)CCCCC1. The summed E-state index contributed by atoms with van der Waals surface area (Å²) in [6.07, 6.45) is 7.32. The van der Waals surface area contributed by atoms with Crippen LogP contribution in [0.1, 0.15) is 49.3 Å². The first-order valence-electron chi connectivity index (χ1n) is 9.50. The maximum atomic E-state index is 13.3. The smallest absolute Gasteiger partial charge is 0.316 e. The van der Waals surface area contributed by atoms with Crippen LogP contribution < -0.4 is 16.0 Å². The lowest BCUT2D eigenvalue weighted by atomic mass is 9.81. The van der Waals surface area contributed by atoms with E-state index in [1.807, 2.05) is 0 Å². The molecular weight excluding hydrogens is 359 g/mol. The van der Waals surface area contributed by atoms with Gasteiger partial charge in [0.2, 0.25) is 5.91 Å². The molecule has 1 unspecified atom stereocenters. The van der Waals surface area contributed by atoms with Gasteiger partial charge in [-0.25, -0.2) is 9.18 Å². The summed E-state index contributed by atoms with van der Waals surface area (Å²) in [5, 5.41) is 8.52. The lowest BCUT2D eigenvalue weighted by molar-refractivity contribution is -0.128. The minimum Gasteiger partial charge on any atom is -0.357 e. The molecule has 3 amide bonds. The first kappa shape index (κ1) is 19.8. The van der Waals surface area contributed by atoms with Crippen LogP contribution in [0.5, 0.6) is 0 Å². The summed E-state index contributed by atoms with van der Waals surface area (Å²) in [6, 6.07) is 8.65. The van der Waals surface area contributed by atoms with Gasteiger partial charge in [-0.1, -0.05) is 31.4 Å². The molecule has 2 aromatic rings. The number of aromatic nitrogens is 1. The van der Waals surface area contributed by atoms with E-state index in [4.69, 9.17) is 0 Å². The average molecular weight is 384 g/mol. The van der Waals surface area contributed by atoms with E-state index in [1.54, 1.807) is 43.7 Å². The van der Waals surface area contributed by atoms with Crippen LogP contribution >= 0.6 is 0 Å². The van der Waals surface area contributed by atoms with E-state index in [9.17, 15) is 14.0 Å². The lowest BCUT2D eigenvalue weighted by Crippen LogP contribution is -2.61. The van der Waals surface area contributed by atoms with Gasteiger partial charge in [-0.05, 0) is 48.2 Å². The van der Waals surface area contributed by atoms with E-state index in [1.165, 1.54) is 12.1 Å². The number of carbonyl (C=O) groups is 2. The Kier molecular flexibility index (Phi) is 6.23. The molecule has 1 aliphatic carbocycles. The molecule has 0 spiro atoms. The highest BCUT2D eigenvalue weighted by molar-refractivity contribution is 5.91. The van der Waals surface area contributed by atoms with Crippen molar-refractivity contribution in [1.29, 1.82) is 0 Å². The topological polar surface area (TPSA) is 83.1 Å². The molecule has 1 atom stereocenters. The van der Waals surface area contributed by atoms with Crippen molar-refractivity contribution in [1.82, 2.24) is 20.9 Å². The summed E-state index contributed by atoms with van der Waals surface area (Å²) in [5.74, 6) is -0.521. The van der Waals surface area contributed by atoms with E-state index in [0.29, 0.717) is 12.8 Å². The van der Waals surface area contributed by atoms with Crippen molar-refractivity contribution in [2.45, 2.75) is 43.7 Å². The van der Waals surface area contributed by atoms with Crippen molar-refractivity contribution >= 4 is 11.9 Å². The molecule has 3 rings (SSSR count). The first-order chi connectivity index (χ1) is 13.5. The molecule has 1 aromatic heterocycles. The summed E-state index contributed by atoms with van der Waals surface area (Å²) in [6.45, 7) is 0. The second kappa shape index (κ2) is 8.82. The first-order valence-corrected chi connectivity index (χ1v) is 9.50. The maximum absolute atomic E-state index is 13.3. The van der Waals surface area contributed by atoms with Crippen molar-refractivity contribution in [2.24, 2.45) is 0 Å². The molecule has 0 saturated heterocycles. The summed E-state index contributed by atoms with van der Waals surface area (Å²) in [5.41, 5.74) is 0.651. The molecule has 1 saturated carbocycles. The molecule has 28 heavy (non-hydrogen) atoms. The Morgan fingerprint density at radius 3 is 2.21 bits per heavy atom. The summed E-state index contributed by atoms with van der Waals surface area (Å²) >= 11 is 0. The zero-order chi connectivity index (χ0) is 20.0. The number of nitrogens with one attached hydrogen (secondary N) is 3. The molecule has 148 valence electrons. The van der Waals surface area contributed by atoms with E-state index < -0.39 is 17.6 Å². The number of urea groups is 1. The largest absolute Gasteiger partial charge is 0.357 e. The Morgan fingerprint density at radius 2 is 1.61 bits per heavy atom. The van der Waals surface area contributed by atoms with Gasteiger partial charge in [0.15, 0.2) is 0 Å². The molecule has 1 heterocycles. The van der Waals surface area contributed by atoms with E-state index in [2.05, 4.69) is 20.9 Å². The van der Waals surface area contributed by atoms with Crippen molar-refractivity contribution in [3.05, 3.63) is 65.7 Å². The minimum atomic E-state index is -0.900. The third-order valence-corrected chi connectivity index (χ3v) is 5.24. The standard InChI is InChI=1S/C21H25FN4O2/c1-23-19(27)21(11-3-2-4-12-21)26-20(28)25-18(16-9-13-24-14-10-16)15-5-7-17(22)8-6-15/h5-10,13-14,18H,2-4,11-12H2,1H3,(H,23,27)(H2,25,26,28). The van der Waals surface area contributed by atoms with Crippen LogP contribution in [0.3, 0.4) is 0 Å². The number of carbonyl (C=O) groups excluding carboxylic acids is 2. The van der Waals surface area contributed by atoms with Crippen LogP contribution in [0, 0.1) is 5.82 Å². The zero-order valence-corrected chi connectivity index (χ0v) is 15.9. The number of amides is 3. The minimum absolute atomic E-state index is 0.176. The molecule has 0 bridgehead atoms. The molecule has 1 fully saturated rings. The molecule has 3 N–H and O–H groups in total. The van der Waals surface area contributed by atoms with Crippen molar-refractivity contribution in [3.8, 4) is 0 Å². The molecule has 0 aliphatic heterocycles. The molecule has 1 aliphatic rings. The van der Waals surface area contributed by atoms with Crippen LogP contribution in [0.15, 0.2) is 48.8 Å². The van der Waals surface area contributed by atoms with Crippen LogP contribution in [0.4, 0.5) is 9.18 Å². The Morgan fingerprint density at radius 1 is 1.00 bits per heavy atom. The monoisotopic (exact) mass is 384 g/mol. The van der Waals surface area contributed by atoms with Crippen LogP contribution in [0.25, 0.3) is 0 Å². The van der Waals surface area contributed by atoms with Gasteiger partial charge >= 0.3 is 6.03 Å². The number of likely N-dealkylation sites (N-methyl/N-ethyl adjacent to an activating group) is 1. The highest BCUT2D eigenvalue weighted by Crippen LogP contribution is 2.29. The predicted octanol–water partition coefficient (Wildman–Crippen LogP) is 3.06. The van der Waals surface area contributed by atoms with E-state index in [-0.39, 0.29) is 11.7 Å². The quantitative estimate of drug-likeness (QED) is 0.741. The Hall–Kier alpha value is -2.96.